The Balaban J connectivity index is 1.63. The van der Waals surface area contributed by atoms with Crippen LogP contribution in [0.5, 0.6) is 0 Å². The highest BCUT2D eigenvalue weighted by atomic mass is 35.5. The molecule has 29 heavy (non-hydrogen) atoms. The number of thioether (sulfide) groups is 1. The first-order valence-corrected chi connectivity index (χ1v) is 11.3. The molecule has 1 atom stereocenters. The van der Waals surface area contributed by atoms with Gasteiger partial charge in [0.05, 0.1) is 4.91 Å². The smallest absolute Gasteiger partial charge is 0.264 e. The number of amides is 1. The lowest BCUT2D eigenvalue weighted by molar-refractivity contribution is -0.114. The number of para-hydroxylation sites is 1. The lowest BCUT2D eigenvalue weighted by Crippen LogP contribution is -2.44. The van der Waals surface area contributed by atoms with E-state index in [1.807, 2.05) is 35.2 Å². The van der Waals surface area contributed by atoms with Crippen LogP contribution in [0.25, 0.3) is 6.08 Å². The summed E-state index contributed by atoms with van der Waals surface area (Å²) in [5.74, 6) is 0.0589. The minimum atomic E-state index is 0.0589. The van der Waals surface area contributed by atoms with Crippen LogP contribution in [0.1, 0.15) is 12.5 Å². The molecule has 6 heteroatoms. The number of rotatable bonds is 3. The highest BCUT2D eigenvalue weighted by Crippen LogP contribution is 2.36. The Hall–Kier alpha value is -1.95. The number of hydrogen-bond donors (Lipinski definition) is 0. The number of likely N-dealkylation sites (N-methyl/N-ethyl adjacent to an activating group) is 1. The highest BCUT2D eigenvalue weighted by molar-refractivity contribution is 8.04. The number of halogens is 1. The summed E-state index contributed by atoms with van der Waals surface area (Å²) in [7, 11) is 2.16. The zero-order valence-electron chi connectivity index (χ0n) is 16.8. The van der Waals surface area contributed by atoms with Crippen LogP contribution in [0.2, 0.25) is 5.02 Å². The van der Waals surface area contributed by atoms with Crippen molar-refractivity contribution in [3.63, 3.8) is 0 Å². The molecule has 0 bridgehead atoms. The third kappa shape index (κ3) is 4.63. The van der Waals surface area contributed by atoms with Crippen molar-refractivity contribution in [1.82, 2.24) is 4.90 Å². The molecule has 0 N–H and O–H groups in total. The van der Waals surface area contributed by atoms with E-state index in [0.717, 1.165) is 42.3 Å². The lowest BCUT2D eigenvalue weighted by Gasteiger charge is -2.35. The predicted molar refractivity (Wildman–Crippen MR) is 125 cm³/mol. The Labute approximate surface area is 182 Å². The maximum atomic E-state index is 13.3. The average molecular weight is 428 g/mol. The van der Waals surface area contributed by atoms with E-state index in [-0.39, 0.29) is 5.91 Å². The van der Waals surface area contributed by atoms with Gasteiger partial charge in [0, 0.05) is 54.4 Å². The number of nitrogens with zero attached hydrogens (tertiary/aromatic N) is 3. The molecule has 2 fully saturated rings. The van der Waals surface area contributed by atoms with Crippen LogP contribution < -0.4 is 9.80 Å². The summed E-state index contributed by atoms with van der Waals surface area (Å²) in [5.41, 5.74) is 3.21. The van der Waals surface area contributed by atoms with Crippen LogP contribution in [-0.4, -0.2) is 55.8 Å². The molecule has 0 aromatic heterocycles. The molecule has 4 nitrogen and oxygen atoms in total. The largest absolute Gasteiger partial charge is 0.368 e. The van der Waals surface area contributed by atoms with Crippen molar-refractivity contribution in [1.29, 1.82) is 0 Å². The summed E-state index contributed by atoms with van der Waals surface area (Å²) in [6, 6.07) is 15.9. The minimum Gasteiger partial charge on any atom is -0.368 e. The molecule has 1 amide bonds. The summed E-state index contributed by atoms with van der Waals surface area (Å²) < 4.78 is 0. The Morgan fingerprint density at radius 1 is 1.03 bits per heavy atom. The van der Waals surface area contributed by atoms with Gasteiger partial charge in [-0.2, -0.15) is 0 Å². The van der Waals surface area contributed by atoms with Gasteiger partial charge in [-0.3, -0.25) is 4.79 Å². The van der Waals surface area contributed by atoms with E-state index in [9.17, 15) is 4.79 Å². The fraction of sp³-hybridized carbons (Fsp3) is 0.348. The van der Waals surface area contributed by atoms with Crippen molar-refractivity contribution >= 4 is 46.7 Å². The molecule has 0 saturated carbocycles. The Morgan fingerprint density at radius 3 is 2.45 bits per heavy atom. The predicted octanol–water partition coefficient (Wildman–Crippen LogP) is 4.60. The molecule has 2 aliphatic heterocycles. The molecule has 0 aliphatic carbocycles. The van der Waals surface area contributed by atoms with E-state index < -0.39 is 0 Å². The fourth-order valence-corrected chi connectivity index (χ4v) is 4.99. The van der Waals surface area contributed by atoms with E-state index >= 15 is 0 Å². The molecule has 0 spiro atoms. The van der Waals surface area contributed by atoms with Gasteiger partial charge in [-0.15, -0.1) is 11.8 Å². The summed E-state index contributed by atoms with van der Waals surface area (Å²) >= 11 is 7.69. The van der Waals surface area contributed by atoms with Crippen molar-refractivity contribution < 1.29 is 4.79 Å². The Morgan fingerprint density at radius 2 is 1.72 bits per heavy atom. The van der Waals surface area contributed by atoms with Gasteiger partial charge >= 0.3 is 0 Å². The second-order valence-electron chi connectivity index (χ2n) is 7.68. The summed E-state index contributed by atoms with van der Waals surface area (Å²) in [6.07, 6.45) is 2.07. The number of piperazine rings is 1. The van der Waals surface area contributed by atoms with Gasteiger partial charge in [-0.1, -0.05) is 36.7 Å². The molecule has 2 aromatic carbocycles. The van der Waals surface area contributed by atoms with Gasteiger partial charge in [0.1, 0.15) is 0 Å². The van der Waals surface area contributed by atoms with Gasteiger partial charge in [0.25, 0.3) is 5.91 Å². The number of hydrogen-bond acceptors (Lipinski definition) is 4. The third-order valence-corrected chi connectivity index (χ3v) is 6.78. The van der Waals surface area contributed by atoms with E-state index in [0.29, 0.717) is 16.8 Å². The van der Waals surface area contributed by atoms with E-state index in [2.05, 4.69) is 48.0 Å². The van der Waals surface area contributed by atoms with Gasteiger partial charge in [0.2, 0.25) is 0 Å². The average Bonchev–Trinajstić information content (AvgIpc) is 2.72. The number of carbonyl (C=O) groups is 1. The molecular weight excluding hydrogens is 402 g/mol. The van der Waals surface area contributed by atoms with E-state index in [4.69, 9.17) is 11.6 Å². The molecule has 0 radical (unpaired) electrons. The molecule has 2 heterocycles. The van der Waals surface area contributed by atoms with Crippen LogP contribution in [0.4, 0.5) is 11.4 Å². The van der Waals surface area contributed by atoms with Crippen molar-refractivity contribution in [3.05, 3.63) is 64.0 Å². The van der Waals surface area contributed by atoms with Gasteiger partial charge in [-0.05, 0) is 49.0 Å². The standard InChI is InChI=1S/C23H26ClN3OS/c1-17-16-27(20-9-7-19(24)8-10-20)23(28)22(29-17)15-18-5-3-4-6-21(18)26-13-11-25(2)12-14-26/h3-10,15,17H,11-14,16H2,1-2H3. The fourth-order valence-electron chi connectivity index (χ4n) is 3.80. The molecule has 2 aromatic rings. The summed E-state index contributed by atoms with van der Waals surface area (Å²) in [4.78, 5) is 20.7. The maximum Gasteiger partial charge on any atom is 0.264 e. The summed E-state index contributed by atoms with van der Waals surface area (Å²) in [5, 5.41) is 1.00. The van der Waals surface area contributed by atoms with Crippen LogP contribution in [0.15, 0.2) is 53.4 Å². The number of carbonyl (C=O) groups excluding carboxylic acids is 1. The molecule has 4 rings (SSSR count). The van der Waals surface area contributed by atoms with Crippen molar-refractivity contribution in [3.8, 4) is 0 Å². The first-order valence-electron chi connectivity index (χ1n) is 9.99. The Bertz CT molecular complexity index is 907. The topological polar surface area (TPSA) is 26.8 Å². The second-order valence-corrected chi connectivity index (χ2v) is 9.60. The third-order valence-electron chi connectivity index (χ3n) is 5.43. The van der Waals surface area contributed by atoms with Crippen LogP contribution >= 0.6 is 23.4 Å². The summed E-state index contributed by atoms with van der Waals surface area (Å²) in [6.45, 7) is 6.99. The molecule has 2 aliphatic rings. The van der Waals surface area contributed by atoms with Crippen LogP contribution in [0.3, 0.4) is 0 Å². The first-order chi connectivity index (χ1) is 14.0. The lowest BCUT2D eigenvalue weighted by atomic mass is 10.1. The van der Waals surface area contributed by atoms with Crippen LogP contribution in [-0.2, 0) is 4.79 Å². The van der Waals surface area contributed by atoms with E-state index in [1.165, 1.54) is 5.69 Å². The first kappa shape index (κ1) is 20.3. The van der Waals surface area contributed by atoms with Gasteiger partial charge in [0.15, 0.2) is 0 Å². The van der Waals surface area contributed by atoms with Crippen LogP contribution in [0, 0.1) is 0 Å². The van der Waals surface area contributed by atoms with E-state index in [1.54, 1.807) is 11.8 Å². The molecule has 1 unspecified atom stereocenters. The highest BCUT2D eigenvalue weighted by Gasteiger charge is 2.29. The van der Waals surface area contributed by atoms with Gasteiger partial charge < -0.3 is 14.7 Å². The van der Waals surface area contributed by atoms with Crippen molar-refractivity contribution in [2.45, 2.75) is 12.2 Å². The SMILES string of the molecule is CC1CN(c2ccc(Cl)cc2)C(=O)C(=Cc2ccccc2N2CCN(C)CC2)S1. The molecule has 2 saturated heterocycles. The monoisotopic (exact) mass is 427 g/mol. The molecular formula is C23H26ClN3OS. The quantitative estimate of drug-likeness (QED) is 0.669. The minimum absolute atomic E-state index is 0.0589. The maximum absolute atomic E-state index is 13.3. The van der Waals surface area contributed by atoms with Crippen molar-refractivity contribution in [2.75, 3.05) is 49.6 Å². The molecule has 152 valence electrons. The Kier molecular flexibility index (Phi) is 6.18. The second kappa shape index (κ2) is 8.82. The zero-order valence-corrected chi connectivity index (χ0v) is 18.4. The number of anilines is 2. The zero-order chi connectivity index (χ0) is 20.4. The van der Waals surface area contributed by atoms with Gasteiger partial charge in [-0.25, -0.2) is 0 Å². The normalized spacial score (nSPS) is 22.4. The number of benzene rings is 2. The van der Waals surface area contributed by atoms with Crippen molar-refractivity contribution in [2.24, 2.45) is 0 Å².